The number of rotatable bonds is 6. The maximum Gasteiger partial charge on any atom is 0.237 e. The Bertz CT molecular complexity index is 498. The van der Waals surface area contributed by atoms with Crippen LogP contribution in [0.25, 0.3) is 0 Å². The van der Waals surface area contributed by atoms with Gasteiger partial charge in [-0.15, -0.1) is 0 Å². The number of hydrogen-bond donors (Lipinski definition) is 2. The molecule has 2 heterocycles. The second kappa shape index (κ2) is 7.59. The van der Waals surface area contributed by atoms with Crippen LogP contribution in [-0.2, 0) is 16.1 Å². The van der Waals surface area contributed by atoms with Crippen LogP contribution in [-0.4, -0.2) is 48.1 Å². The second-order valence-electron chi connectivity index (χ2n) is 5.02. The molecule has 2 rings (SSSR count). The van der Waals surface area contributed by atoms with E-state index in [4.69, 9.17) is 22.1 Å². The zero-order chi connectivity index (χ0) is 15.2. The Labute approximate surface area is 129 Å². The fraction of sp³-hybridized carbons (Fsp3) is 0.571. The molecule has 116 valence electrons. The Morgan fingerprint density at radius 3 is 3.14 bits per heavy atom. The van der Waals surface area contributed by atoms with Gasteiger partial charge in [0.2, 0.25) is 5.91 Å². The van der Waals surface area contributed by atoms with Crippen LogP contribution in [0.1, 0.15) is 19.0 Å². The fourth-order valence-corrected chi connectivity index (χ4v) is 2.39. The Hall–Kier alpha value is -1.37. The molecule has 1 amide bonds. The molecule has 0 spiro atoms. The summed E-state index contributed by atoms with van der Waals surface area (Å²) in [6.07, 6.45) is 1.02. The first kappa shape index (κ1) is 16.0. The number of carbonyl (C=O) groups excluding carboxylic acids is 1. The maximum atomic E-state index is 11.5. The van der Waals surface area contributed by atoms with Gasteiger partial charge in [0, 0.05) is 19.6 Å². The summed E-state index contributed by atoms with van der Waals surface area (Å²) in [6.45, 7) is 4.97. The number of halogens is 1. The van der Waals surface area contributed by atoms with E-state index in [0.717, 1.165) is 24.5 Å². The molecule has 0 aliphatic carbocycles. The summed E-state index contributed by atoms with van der Waals surface area (Å²) in [7, 11) is 0. The second-order valence-corrected chi connectivity index (χ2v) is 5.42. The van der Waals surface area contributed by atoms with Crippen molar-refractivity contribution in [3.63, 3.8) is 0 Å². The summed E-state index contributed by atoms with van der Waals surface area (Å²) in [4.78, 5) is 18.0. The average Bonchev–Trinajstić information content (AvgIpc) is 2.48. The Morgan fingerprint density at radius 2 is 2.43 bits per heavy atom. The highest BCUT2D eigenvalue weighted by Crippen LogP contribution is 2.20. The van der Waals surface area contributed by atoms with Gasteiger partial charge >= 0.3 is 0 Å². The largest absolute Gasteiger partial charge is 0.378 e. The minimum absolute atomic E-state index is 0.320. The molecule has 6 nitrogen and oxygen atoms in total. The van der Waals surface area contributed by atoms with Crippen molar-refractivity contribution >= 4 is 23.3 Å². The summed E-state index contributed by atoms with van der Waals surface area (Å²) in [5, 5.41) is 3.82. The third kappa shape index (κ3) is 4.30. The van der Waals surface area contributed by atoms with E-state index in [-0.39, 0.29) is 5.91 Å². The summed E-state index contributed by atoms with van der Waals surface area (Å²) >= 11 is 6.21. The molecule has 7 heteroatoms. The highest BCUT2D eigenvalue weighted by atomic mass is 35.5. The van der Waals surface area contributed by atoms with Crippen molar-refractivity contribution < 1.29 is 9.53 Å². The number of aromatic nitrogens is 1. The standard InChI is InChI=1S/C14H21ClN4O2/c1-2-5-17-13-4-3-10(15)11(18-13)8-19-6-7-21-9-12(19)14(16)20/h3-4,12H,2,5-9H2,1H3,(H2,16,20)(H,17,18). The molecular weight excluding hydrogens is 292 g/mol. The lowest BCUT2D eigenvalue weighted by molar-refractivity contribution is -0.129. The van der Waals surface area contributed by atoms with Crippen molar-refractivity contribution in [2.75, 3.05) is 31.6 Å². The number of nitrogens with zero attached hydrogens (tertiary/aromatic N) is 2. The molecule has 1 aliphatic rings. The van der Waals surface area contributed by atoms with Gasteiger partial charge in [0.15, 0.2) is 0 Å². The van der Waals surface area contributed by atoms with Gasteiger partial charge in [-0.05, 0) is 18.6 Å². The van der Waals surface area contributed by atoms with Crippen LogP contribution in [0.5, 0.6) is 0 Å². The number of amides is 1. The van der Waals surface area contributed by atoms with Crippen molar-refractivity contribution in [2.45, 2.75) is 25.9 Å². The molecule has 0 aromatic carbocycles. The van der Waals surface area contributed by atoms with Crippen LogP contribution >= 0.6 is 11.6 Å². The molecular formula is C14H21ClN4O2. The highest BCUT2D eigenvalue weighted by Gasteiger charge is 2.28. The van der Waals surface area contributed by atoms with Gasteiger partial charge in [-0.2, -0.15) is 0 Å². The van der Waals surface area contributed by atoms with E-state index in [1.807, 2.05) is 17.0 Å². The number of anilines is 1. The van der Waals surface area contributed by atoms with Crippen molar-refractivity contribution in [3.05, 3.63) is 22.8 Å². The number of pyridine rings is 1. The third-order valence-corrected chi connectivity index (χ3v) is 3.74. The lowest BCUT2D eigenvalue weighted by Gasteiger charge is -2.33. The van der Waals surface area contributed by atoms with Crippen LogP contribution in [0, 0.1) is 0 Å². The molecule has 1 fully saturated rings. The van der Waals surface area contributed by atoms with Gasteiger partial charge in [-0.1, -0.05) is 18.5 Å². The first-order valence-corrected chi connectivity index (χ1v) is 7.50. The lowest BCUT2D eigenvalue weighted by atomic mass is 10.2. The predicted molar refractivity (Wildman–Crippen MR) is 82.2 cm³/mol. The zero-order valence-electron chi connectivity index (χ0n) is 12.1. The number of hydrogen-bond acceptors (Lipinski definition) is 5. The van der Waals surface area contributed by atoms with E-state index in [1.54, 1.807) is 0 Å². The summed E-state index contributed by atoms with van der Waals surface area (Å²) in [5.74, 6) is 0.409. The van der Waals surface area contributed by atoms with Crippen LogP contribution in [0.4, 0.5) is 5.82 Å². The first-order chi connectivity index (χ1) is 10.1. The number of morpholine rings is 1. The Morgan fingerprint density at radius 1 is 1.62 bits per heavy atom. The highest BCUT2D eigenvalue weighted by molar-refractivity contribution is 6.31. The van der Waals surface area contributed by atoms with Crippen molar-refractivity contribution in [2.24, 2.45) is 5.73 Å². The lowest BCUT2D eigenvalue weighted by Crippen LogP contribution is -2.52. The van der Waals surface area contributed by atoms with Crippen LogP contribution < -0.4 is 11.1 Å². The van der Waals surface area contributed by atoms with Crippen LogP contribution in [0.15, 0.2) is 12.1 Å². The van der Waals surface area contributed by atoms with Crippen LogP contribution in [0.3, 0.4) is 0 Å². The van der Waals surface area contributed by atoms with Gasteiger partial charge in [-0.25, -0.2) is 4.98 Å². The van der Waals surface area contributed by atoms with E-state index in [1.165, 1.54) is 0 Å². The minimum atomic E-state index is -0.427. The average molecular weight is 313 g/mol. The Balaban J connectivity index is 2.11. The molecule has 21 heavy (non-hydrogen) atoms. The molecule has 0 radical (unpaired) electrons. The third-order valence-electron chi connectivity index (χ3n) is 3.40. The molecule has 1 aromatic heterocycles. The number of ether oxygens (including phenoxy) is 1. The van der Waals surface area contributed by atoms with E-state index in [9.17, 15) is 4.79 Å². The number of nitrogens with two attached hydrogens (primary N) is 1. The van der Waals surface area contributed by atoms with Crippen LogP contribution in [0.2, 0.25) is 5.02 Å². The molecule has 1 aliphatic heterocycles. The number of carbonyl (C=O) groups is 1. The van der Waals surface area contributed by atoms with E-state index in [0.29, 0.717) is 31.3 Å². The number of primary amides is 1. The summed E-state index contributed by atoms with van der Waals surface area (Å²) in [5.41, 5.74) is 6.16. The topological polar surface area (TPSA) is 80.5 Å². The smallest absolute Gasteiger partial charge is 0.237 e. The van der Waals surface area contributed by atoms with Gasteiger partial charge < -0.3 is 15.8 Å². The molecule has 3 N–H and O–H groups in total. The van der Waals surface area contributed by atoms with Crippen molar-refractivity contribution in [1.82, 2.24) is 9.88 Å². The Kier molecular flexibility index (Phi) is 5.78. The van der Waals surface area contributed by atoms with E-state index in [2.05, 4.69) is 17.2 Å². The molecule has 1 saturated heterocycles. The maximum absolute atomic E-state index is 11.5. The first-order valence-electron chi connectivity index (χ1n) is 7.12. The molecule has 0 bridgehead atoms. The zero-order valence-corrected chi connectivity index (χ0v) is 12.9. The van der Waals surface area contributed by atoms with Gasteiger partial charge in [0.1, 0.15) is 11.9 Å². The van der Waals surface area contributed by atoms with Gasteiger partial charge in [-0.3, -0.25) is 9.69 Å². The molecule has 0 saturated carbocycles. The summed E-state index contributed by atoms with van der Waals surface area (Å²) < 4.78 is 5.31. The molecule has 1 atom stereocenters. The van der Waals surface area contributed by atoms with E-state index < -0.39 is 6.04 Å². The van der Waals surface area contributed by atoms with Gasteiger partial charge in [0.05, 0.1) is 23.9 Å². The molecule has 1 unspecified atom stereocenters. The normalized spacial score (nSPS) is 19.4. The van der Waals surface area contributed by atoms with Crippen molar-refractivity contribution in [1.29, 1.82) is 0 Å². The van der Waals surface area contributed by atoms with Crippen molar-refractivity contribution in [3.8, 4) is 0 Å². The quantitative estimate of drug-likeness (QED) is 0.826. The minimum Gasteiger partial charge on any atom is -0.378 e. The predicted octanol–water partition coefficient (Wildman–Crippen LogP) is 1.24. The van der Waals surface area contributed by atoms with E-state index >= 15 is 0 Å². The monoisotopic (exact) mass is 312 g/mol. The molecule has 1 aromatic rings. The fourth-order valence-electron chi connectivity index (χ4n) is 2.23. The summed E-state index contributed by atoms with van der Waals surface area (Å²) in [6, 6.07) is 3.25. The number of nitrogens with one attached hydrogen (secondary N) is 1. The SMILES string of the molecule is CCCNc1ccc(Cl)c(CN2CCOCC2C(N)=O)n1. The van der Waals surface area contributed by atoms with Gasteiger partial charge in [0.25, 0.3) is 0 Å².